The number of aryl methyl sites for hydroxylation is 2. The molecule has 0 aliphatic carbocycles. The third kappa shape index (κ3) is 3.45. The number of aromatic nitrogens is 1. The van der Waals surface area contributed by atoms with Gasteiger partial charge in [0.15, 0.2) is 0 Å². The second kappa shape index (κ2) is 6.03. The molecule has 0 saturated carbocycles. The number of nitrogens with one attached hydrogen (secondary N) is 1. The number of sulfonamides is 1. The molecule has 2 rings (SSSR count). The highest BCUT2D eigenvalue weighted by Gasteiger charge is 2.15. The average Bonchev–Trinajstić information content (AvgIpc) is 2.41. The van der Waals surface area contributed by atoms with E-state index < -0.39 is 10.0 Å². The topological polar surface area (TPSA) is 59.1 Å². The largest absolute Gasteiger partial charge is 0.264 e. The number of benzene rings is 1. The Bertz CT molecular complexity index is 730. The van der Waals surface area contributed by atoms with Crippen LogP contribution in [0.3, 0.4) is 0 Å². The third-order valence-electron chi connectivity index (χ3n) is 3.04. The SMILES string of the molecule is Cc1cc(S(=O)(=O)NCc2cnccc2C)ccc1Br. The first-order valence-corrected chi connectivity index (χ1v) is 8.33. The average molecular weight is 355 g/mol. The molecule has 0 aliphatic rings. The van der Waals surface area contributed by atoms with Gasteiger partial charge in [-0.15, -0.1) is 0 Å². The smallest absolute Gasteiger partial charge is 0.240 e. The molecule has 0 radical (unpaired) electrons. The Kier molecular flexibility index (Phi) is 4.57. The van der Waals surface area contributed by atoms with E-state index in [4.69, 9.17) is 0 Å². The van der Waals surface area contributed by atoms with E-state index in [1.165, 1.54) is 0 Å². The van der Waals surface area contributed by atoms with Gasteiger partial charge < -0.3 is 0 Å². The van der Waals surface area contributed by atoms with Gasteiger partial charge in [-0.3, -0.25) is 4.98 Å². The molecule has 106 valence electrons. The second-order valence-electron chi connectivity index (χ2n) is 4.54. The highest BCUT2D eigenvalue weighted by Crippen LogP contribution is 2.20. The van der Waals surface area contributed by atoms with Crippen LogP contribution in [0.5, 0.6) is 0 Å². The molecule has 1 aromatic heterocycles. The molecule has 4 nitrogen and oxygen atoms in total. The predicted octanol–water partition coefficient (Wildman–Crippen LogP) is 2.94. The van der Waals surface area contributed by atoms with Crippen LogP contribution in [0.25, 0.3) is 0 Å². The van der Waals surface area contributed by atoms with Gasteiger partial charge in [0.2, 0.25) is 10.0 Å². The lowest BCUT2D eigenvalue weighted by Gasteiger charge is -2.09. The van der Waals surface area contributed by atoms with Gasteiger partial charge in [-0.05, 0) is 54.8 Å². The zero-order valence-corrected chi connectivity index (χ0v) is 13.6. The summed E-state index contributed by atoms with van der Waals surface area (Å²) in [6.07, 6.45) is 3.36. The zero-order chi connectivity index (χ0) is 14.8. The molecule has 0 atom stereocenters. The Balaban J connectivity index is 2.19. The van der Waals surface area contributed by atoms with E-state index >= 15 is 0 Å². The van der Waals surface area contributed by atoms with Gasteiger partial charge >= 0.3 is 0 Å². The van der Waals surface area contributed by atoms with Crippen molar-refractivity contribution in [2.24, 2.45) is 0 Å². The van der Waals surface area contributed by atoms with E-state index in [1.54, 1.807) is 30.6 Å². The van der Waals surface area contributed by atoms with Crippen LogP contribution in [0.2, 0.25) is 0 Å². The predicted molar refractivity (Wildman–Crippen MR) is 81.9 cm³/mol. The molecule has 20 heavy (non-hydrogen) atoms. The van der Waals surface area contributed by atoms with E-state index in [1.807, 2.05) is 19.9 Å². The molecule has 0 bridgehead atoms. The number of nitrogens with zero attached hydrogens (tertiary/aromatic N) is 1. The minimum Gasteiger partial charge on any atom is -0.264 e. The van der Waals surface area contributed by atoms with Crippen LogP contribution in [-0.2, 0) is 16.6 Å². The fourth-order valence-corrected chi connectivity index (χ4v) is 3.06. The summed E-state index contributed by atoms with van der Waals surface area (Å²) in [5, 5.41) is 0. The molecule has 2 aromatic rings. The molecule has 0 aliphatic heterocycles. The van der Waals surface area contributed by atoms with Crippen molar-refractivity contribution in [1.29, 1.82) is 0 Å². The zero-order valence-electron chi connectivity index (χ0n) is 11.2. The van der Waals surface area contributed by atoms with Crippen molar-refractivity contribution in [3.8, 4) is 0 Å². The first-order valence-electron chi connectivity index (χ1n) is 6.05. The maximum Gasteiger partial charge on any atom is 0.240 e. The maximum atomic E-state index is 12.2. The van der Waals surface area contributed by atoms with Gasteiger partial charge in [0.25, 0.3) is 0 Å². The summed E-state index contributed by atoms with van der Waals surface area (Å²) in [6, 6.07) is 6.81. The lowest BCUT2D eigenvalue weighted by Crippen LogP contribution is -2.23. The number of hydrogen-bond acceptors (Lipinski definition) is 3. The van der Waals surface area contributed by atoms with Gasteiger partial charge in [-0.1, -0.05) is 15.9 Å². The standard InChI is InChI=1S/C14H15BrN2O2S/c1-10-5-6-16-8-12(10)9-17-20(18,19)13-3-4-14(15)11(2)7-13/h3-8,17H,9H2,1-2H3. The Hall–Kier alpha value is -1.24. The van der Waals surface area contributed by atoms with Crippen molar-refractivity contribution in [3.05, 3.63) is 57.8 Å². The van der Waals surface area contributed by atoms with Crippen LogP contribution in [0.15, 0.2) is 46.0 Å². The number of pyridine rings is 1. The van der Waals surface area contributed by atoms with Gasteiger partial charge in [-0.25, -0.2) is 13.1 Å². The summed E-state index contributed by atoms with van der Waals surface area (Å²) in [5.74, 6) is 0. The minimum atomic E-state index is -3.51. The summed E-state index contributed by atoms with van der Waals surface area (Å²) in [4.78, 5) is 4.27. The fraction of sp³-hybridized carbons (Fsp3) is 0.214. The highest BCUT2D eigenvalue weighted by atomic mass is 79.9. The molecule has 0 saturated heterocycles. The number of hydrogen-bond donors (Lipinski definition) is 1. The summed E-state index contributed by atoms with van der Waals surface area (Å²) in [6.45, 7) is 4.01. The van der Waals surface area contributed by atoms with Gasteiger partial charge in [0.1, 0.15) is 0 Å². The Morgan fingerprint density at radius 2 is 1.95 bits per heavy atom. The summed E-state index contributed by atoms with van der Waals surface area (Å²) < 4.78 is 28.0. The molecular weight excluding hydrogens is 340 g/mol. The summed E-state index contributed by atoms with van der Waals surface area (Å²) >= 11 is 3.36. The number of halogens is 1. The second-order valence-corrected chi connectivity index (χ2v) is 7.16. The van der Waals surface area contributed by atoms with Crippen molar-refractivity contribution >= 4 is 26.0 Å². The normalized spacial score (nSPS) is 11.6. The maximum absolute atomic E-state index is 12.2. The Morgan fingerprint density at radius 1 is 1.20 bits per heavy atom. The van der Waals surface area contributed by atoms with Crippen LogP contribution in [0.1, 0.15) is 16.7 Å². The highest BCUT2D eigenvalue weighted by molar-refractivity contribution is 9.10. The summed E-state index contributed by atoms with van der Waals surface area (Å²) in [7, 11) is -3.51. The van der Waals surface area contributed by atoms with Crippen molar-refractivity contribution in [3.63, 3.8) is 0 Å². The van der Waals surface area contributed by atoms with E-state index in [0.29, 0.717) is 0 Å². The Morgan fingerprint density at radius 3 is 2.60 bits per heavy atom. The van der Waals surface area contributed by atoms with E-state index in [0.717, 1.165) is 21.2 Å². The molecule has 1 N–H and O–H groups in total. The number of rotatable bonds is 4. The van der Waals surface area contributed by atoms with Crippen LogP contribution in [-0.4, -0.2) is 13.4 Å². The molecule has 6 heteroatoms. The molecule has 0 amide bonds. The molecule has 0 spiro atoms. The molecular formula is C14H15BrN2O2S. The monoisotopic (exact) mass is 354 g/mol. The van der Waals surface area contributed by atoms with E-state index in [-0.39, 0.29) is 11.4 Å². The van der Waals surface area contributed by atoms with Gasteiger partial charge in [0.05, 0.1) is 4.90 Å². The molecule has 0 fully saturated rings. The van der Waals surface area contributed by atoms with Crippen LogP contribution >= 0.6 is 15.9 Å². The lowest BCUT2D eigenvalue weighted by atomic mass is 10.2. The first kappa shape index (κ1) is 15.2. The van der Waals surface area contributed by atoms with E-state index in [9.17, 15) is 8.42 Å². The lowest BCUT2D eigenvalue weighted by molar-refractivity contribution is 0.581. The molecule has 1 aromatic carbocycles. The van der Waals surface area contributed by atoms with Crippen LogP contribution < -0.4 is 4.72 Å². The van der Waals surface area contributed by atoms with Crippen molar-refractivity contribution in [2.45, 2.75) is 25.3 Å². The first-order chi connectivity index (χ1) is 9.40. The van der Waals surface area contributed by atoms with Crippen molar-refractivity contribution in [1.82, 2.24) is 9.71 Å². The molecule has 1 heterocycles. The fourth-order valence-electron chi connectivity index (χ4n) is 1.72. The third-order valence-corrected chi connectivity index (χ3v) is 5.33. The van der Waals surface area contributed by atoms with Crippen molar-refractivity contribution in [2.75, 3.05) is 0 Å². The quantitative estimate of drug-likeness (QED) is 0.917. The van der Waals surface area contributed by atoms with E-state index in [2.05, 4.69) is 25.6 Å². The Labute approximate surface area is 127 Å². The molecule has 0 unspecified atom stereocenters. The van der Waals surface area contributed by atoms with Crippen LogP contribution in [0.4, 0.5) is 0 Å². The van der Waals surface area contributed by atoms with Crippen molar-refractivity contribution < 1.29 is 8.42 Å². The van der Waals surface area contributed by atoms with Gasteiger partial charge in [-0.2, -0.15) is 0 Å². The van der Waals surface area contributed by atoms with Gasteiger partial charge in [0, 0.05) is 23.4 Å². The van der Waals surface area contributed by atoms with Crippen LogP contribution in [0, 0.1) is 13.8 Å². The summed E-state index contributed by atoms with van der Waals surface area (Å²) in [5.41, 5.74) is 2.75. The minimum absolute atomic E-state index is 0.233.